The summed E-state index contributed by atoms with van der Waals surface area (Å²) >= 11 is 0. The van der Waals surface area contributed by atoms with Crippen LogP contribution in [0, 0.1) is 5.82 Å². The number of hydrogen-bond donors (Lipinski definition) is 1. The van der Waals surface area contributed by atoms with E-state index in [2.05, 4.69) is 19.2 Å². The van der Waals surface area contributed by atoms with Crippen molar-refractivity contribution in [2.24, 2.45) is 0 Å². The Morgan fingerprint density at radius 2 is 2.16 bits per heavy atom. The molecule has 0 saturated carbocycles. The van der Waals surface area contributed by atoms with E-state index in [4.69, 9.17) is 9.15 Å². The molecule has 19 heavy (non-hydrogen) atoms. The van der Waals surface area contributed by atoms with Gasteiger partial charge in [-0.25, -0.2) is 4.39 Å². The van der Waals surface area contributed by atoms with Crippen LogP contribution in [0.3, 0.4) is 0 Å². The van der Waals surface area contributed by atoms with Crippen LogP contribution in [0.25, 0.3) is 0 Å². The van der Waals surface area contributed by atoms with Crippen molar-refractivity contribution in [3.63, 3.8) is 0 Å². The van der Waals surface area contributed by atoms with Crippen LogP contribution in [0.2, 0.25) is 0 Å². The predicted octanol–water partition coefficient (Wildman–Crippen LogP) is 3.50. The molecule has 1 N–H and O–H groups in total. The molecule has 0 aliphatic rings. The lowest BCUT2D eigenvalue weighted by Gasteiger charge is -2.09. The third-order valence-corrected chi connectivity index (χ3v) is 2.70. The lowest BCUT2D eigenvalue weighted by atomic mass is 10.2. The number of ether oxygens (including phenoxy) is 1. The summed E-state index contributed by atoms with van der Waals surface area (Å²) in [5.41, 5.74) is 0.970. The van der Waals surface area contributed by atoms with Gasteiger partial charge in [-0.15, -0.1) is 0 Å². The molecule has 0 aliphatic heterocycles. The molecule has 0 aliphatic carbocycles. The standard InChI is InChI=1S/C15H18FNO2/c1-11(2)17-9-15-12(6-7-18-15)10-19-14-5-3-4-13(16)8-14/h3-8,11,17H,9-10H2,1-2H3. The zero-order valence-corrected chi connectivity index (χ0v) is 11.2. The van der Waals surface area contributed by atoms with Crippen LogP contribution < -0.4 is 10.1 Å². The molecule has 4 heteroatoms. The van der Waals surface area contributed by atoms with Gasteiger partial charge in [0.15, 0.2) is 0 Å². The Morgan fingerprint density at radius 1 is 1.32 bits per heavy atom. The summed E-state index contributed by atoms with van der Waals surface area (Å²) in [6.07, 6.45) is 1.64. The molecule has 0 unspecified atom stereocenters. The SMILES string of the molecule is CC(C)NCc1occc1COc1cccc(F)c1. The van der Waals surface area contributed by atoms with Crippen molar-refractivity contribution in [1.29, 1.82) is 0 Å². The molecule has 102 valence electrons. The Bertz CT molecular complexity index is 522. The molecule has 0 bridgehead atoms. The Labute approximate surface area is 112 Å². The predicted molar refractivity (Wildman–Crippen MR) is 71.4 cm³/mol. The smallest absolute Gasteiger partial charge is 0.126 e. The van der Waals surface area contributed by atoms with Gasteiger partial charge in [0, 0.05) is 17.7 Å². The fourth-order valence-corrected chi connectivity index (χ4v) is 1.67. The van der Waals surface area contributed by atoms with E-state index in [-0.39, 0.29) is 5.82 Å². The highest BCUT2D eigenvalue weighted by molar-refractivity contribution is 5.24. The molecule has 0 radical (unpaired) electrons. The van der Waals surface area contributed by atoms with E-state index < -0.39 is 0 Å². The lowest BCUT2D eigenvalue weighted by molar-refractivity contribution is 0.299. The van der Waals surface area contributed by atoms with E-state index in [1.165, 1.54) is 12.1 Å². The highest BCUT2D eigenvalue weighted by atomic mass is 19.1. The van der Waals surface area contributed by atoms with Crippen LogP contribution >= 0.6 is 0 Å². The second-order valence-electron chi connectivity index (χ2n) is 4.65. The number of hydrogen-bond acceptors (Lipinski definition) is 3. The number of benzene rings is 1. The summed E-state index contributed by atoms with van der Waals surface area (Å²) in [7, 11) is 0. The average molecular weight is 263 g/mol. The third-order valence-electron chi connectivity index (χ3n) is 2.70. The van der Waals surface area contributed by atoms with E-state index >= 15 is 0 Å². The highest BCUT2D eigenvalue weighted by Gasteiger charge is 2.08. The molecule has 1 aromatic carbocycles. The summed E-state index contributed by atoms with van der Waals surface area (Å²) in [5, 5.41) is 3.29. The topological polar surface area (TPSA) is 34.4 Å². The molecule has 0 spiro atoms. The Hall–Kier alpha value is -1.81. The summed E-state index contributed by atoms with van der Waals surface area (Å²) in [6, 6.07) is 8.38. The molecule has 1 aromatic heterocycles. The quantitative estimate of drug-likeness (QED) is 0.866. The van der Waals surface area contributed by atoms with Crippen molar-refractivity contribution >= 4 is 0 Å². The maximum Gasteiger partial charge on any atom is 0.126 e. The van der Waals surface area contributed by atoms with Crippen molar-refractivity contribution in [2.75, 3.05) is 0 Å². The van der Waals surface area contributed by atoms with Crippen molar-refractivity contribution in [3.8, 4) is 5.75 Å². The molecule has 0 saturated heterocycles. The van der Waals surface area contributed by atoms with Crippen molar-refractivity contribution in [3.05, 3.63) is 53.7 Å². The first-order chi connectivity index (χ1) is 9.15. The van der Waals surface area contributed by atoms with E-state index in [1.54, 1.807) is 18.4 Å². The van der Waals surface area contributed by atoms with E-state index in [9.17, 15) is 4.39 Å². The minimum atomic E-state index is -0.300. The Kier molecular flexibility index (Phi) is 4.58. The summed E-state index contributed by atoms with van der Waals surface area (Å²) in [5.74, 6) is 1.07. The largest absolute Gasteiger partial charge is 0.489 e. The van der Waals surface area contributed by atoms with Gasteiger partial charge in [0.25, 0.3) is 0 Å². The first kappa shape index (κ1) is 13.6. The molecule has 0 fully saturated rings. The summed E-state index contributed by atoms with van der Waals surface area (Å²) in [4.78, 5) is 0. The van der Waals surface area contributed by atoms with Gasteiger partial charge < -0.3 is 14.5 Å². The van der Waals surface area contributed by atoms with Crippen LogP contribution in [-0.2, 0) is 13.2 Å². The van der Waals surface area contributed by atoms with Gasteiger partial charge in [-0.1, -0.05) is 19.9 Å². The molecule has 3 nitrogen and oxygen atoms in total. The first-order valence-electron chi connectivity index (χ1n) is 6.32. The van der Waals surface area contributed by atoms with Crippen LogP contribution in [0.15, 0.2) is 41.0 Å². The van der Waals surface area contributed by atoms with Gasteiger partial charge in [-0.2, -0.15) is 0 Å². The molecule has 2 rings (SSSR count). The number of furan rings is 1. The second-order valence-corrected chi connectivity index (χ2v) is 4.65. The summed E-state index contributed by atoms with van der Waals surface area (Å²) in [6.45, 7) is 5.18. The normalized spacial score (nSPS) is 10.9. The Balaban J connectivity index is 1.94. The zero-order valence-electron chi connectivity index (χ0n) is 11.2. The molecule has 1 heterocycles. The van der Waals surface area contributed by atoms with Gasteiger partial charge in [0.05, 0.1) is 12.8 Å². The van der Waals surface area contributed by atoms with Gasteiger partial charge in [0.2, 0.25) is 0 Å². The molecular weight excluding hydrogens is 245 g/mol. The minimum Gasteiger partial charge on any atom is -0.489 e. The summed E-state index contributed by atoms with van der Waals surface area (Å²) < 4.78 is 24.0. The van der Waals surface area contributed by atoms with E-state index in [0.29, 0.717) is 24.9 Å². The number of halogens is 1. The Morgan fingerprint density at radius 3 is 2.89 bits per heavy atom. The van der Waals surface area contributed by atoms with Crippen LogP contribution in [-0.4, -0.2) is 6.04 Å². The van der Waals surface area contributed by atoms with Crippen molar-refractivity contribution in [1.82, 2.24) is 5.32 Å². The first-order valence-corrected chi connectivity index (χ1v) is 6.32. The monoisotopic (exact) mass is 263 g/mol. The zero-order chi connectivity index (χ0) is 13.7. The average Bonchev–Trinajstić information content (AvgIpc) is 2.81. The maximum atomic E-state index is 13.0. The fraction of sp³-hybridized carbons (Fsp3) is 0.333. The number of nitrogens with one attached hydrogen (secondary N) is 1. The maximum absolute atomic E-state index is 13.0. The molecule has 2 aromatic rings. The second kappa shape index (κ2) is 6.38. The molecule has 0 atom stereocenters. The lowest BCUT2D eigenvalue weighted by Crippen LogP contribution is -2.22. The van der Waals surface area contributed by atoms with Crippen LogP contribution in [0.5, 0.6) is 5.75 Å². The van der Waals surface area contributed by atoms with E-state index in [0.717, 1.165) is 11.3 Å². The highest BCUT2D eigenvalue weighted by Crippen LogP contribution is 2.17. The van der Waals surface area contributed by atoms with Crippen molar-refractivity contribution < 1.29 is 13.5 Å². The third kappa shape index (κ3) is 4.10. The van der Waals surface area contributed by atoms with Gasteiger partial charge in [-0.3, -0.25) is 0 Å². The van der Waals surface area contributed by atoms with Crippen LogP contribution in [0.4, 0.5) is 4.39 Å². The van der Waals surface area contributed by atoms with E-state index in [1.807, 2.05) is 6.07 Å². The van der Waals surface area contributed by atoms with Gasteiger partial charge >= 0.3 is 0 Å². The fourth-order valence-electron chi connectivity index (χ4n) is 1.67. The van der Waals surface area contributed by atoms with Gasteiger partial charge in [0.1, 0.15) is 23.9 Å². The minimum absolute atomic E-state index is 0.300. The van der Waals surface area contributed by atoms with Gasteiger partial charge in [-0.05, 0) is 18.2 Å². The molecular formula is C15H18FNO2. The van der Waals surface area contributed by atoms with Crippen molar-refractivity contribution in [2.45, 2.75) is 33.0 Å². The number of rotatable bonds is 6. The van der Waals surface area contributed by atoms with Crippen LogP contribution in [0.1, 0.15) is 25.2 Å². The molecule has 0 amide bonds.